The fraction of sp³-hybridized carbons (Fsp3) is 0.350. The van der Waals surface area contributed by atoms with Gasteiger partial charge in [0.1, 0.15) is 11.9 Å². The van der Waals surface area contributed by atoms with Crippen molar-refractivity contribution in [2.75, 3.05) is 19.6 Å². The number of rotatable bonds is 7. The van der Waals surface area contributed by atoms with Crippen molar-refractivity contribution < 1.29 is 18.8 Å². The van der Waals surface area contributed by atoms with E-state index in [1.54, 1.807) is 17.0 Å². The molecule has 0 aliphatic carbocycles. The number of benzene rings is 1. The number of nitrogens with zero attached hydrogens (tertiary/aromatic N) is 1. The van der Waals surface area contributed by atoms with E-state index in [4.69, 9.17) is 0 Å². The smallest absolute Gasteiger partial charge is 0.264 e. The first-order chi connectivity index (χ1) is 13.6. The summed E-state index contributed by atoms with van der Waals surface area (Å²) in [4.78, 5) is 39.2. The molecule has 28 heavy (non-hydrogen) atoms. The molecule has 3 rings (SSSR count). The van der Waals surface area contributed by atoms with Crippen LogP contribution in [0.3, 0.4) is 0 Å². The number of hydrogen-bond acceptors (Lipinski definition) is 4. The number of thiophene rings is 1. The molecule has 1 saturated heterocycles. The predicted molar refractivity (Wildman–Crippen MR) is 105 cm³/mol. The maximum Gasteiger partial charge on any atom is 0.264 e. The van der Waals surface area contributed by atoms with E-state index in [-0.39, 0.29) is 23.3 Å². The van der Waals surface area contributed by atoms with Crippen molar-refractivity contribution in [3.05, 3.63) is 58.0 Å². The molecule has 0 bridgehead atoms. The van der Waals surface area contributed by atoms with Gasteiger partial charge < -0.3 is 15.5 Å². The highest BCUT2D eigenvalue weighted by Crippen LogP contribution is 2.22. The van der Waals surface area contributed by atoms with Gasteiger partial charge in [-0.2, -0.15) is 0 Å². The van der Waals surface area contributed by atoms with Crippen LogP contribution < -0.4 is 10.6 Å². The van der Waals surface area contributed by atoms with E-state index in [9.17, 15) is 18.8 Å². The second-order valence-corrected chi connectivity index (χ2v) is 7.49. The average Bonchev–Trinajstić information content (AvgIpc) is 3.38. The zero-order chi connectivity index (χ0) is 19.9. The second kappa shape index (κ2) is 9.45. The van der Waals surface area contributed by atoms with Gasteiger partial charge in [0.2, 0.25) is 5.91 Å². The molecule has 2 heterocycles. The number of halogens is 1. The van der Waals surface area contributed by atoms with Crippen LogP contribution in [0.2, 0.25) is 0 Å². The van der Waals surface area contributed by atoms with Gasteiger partial charge in [0.25, 0.3) is 11.8 Å². The molecule has 1 fully saturated rings. The first-order valence-electron chi connectivity index (χ1n) is 9.22. The summed E-state index contributed by atoms with van der Waals surface area (Å²) in [6, 6.07) is 8.62. The van der Waals surface area contributed by atoms with Gasteiger partial charge in [-0.15, -0.1) is 11.3 Å². The SMILES string of the molecule is O=C(NCCCNC(=O)[C@@H]1CCCN1C(=O)c1cccs1)c1cccc(F)c1. The molecular formula is C20H22FN3O3S. The lowest BCUT2D eigenvalue weighted by Gasteiger charge is -2.23. The molecule has 0 radical (unpaired) electrons. The minimum absolute atomic E-state index is 0.102. The number of nitrogens with one attached hydrogen (secondary N) is 2. The van der Waals surface area contributed by atoms with Gasteiger partial charge in [-0.1, -0.05) is 12.1 Å². The van der Waals surface area contributed by atoms with Crippen molar-refractivity contribution in [2.45, 2.75) is 25.3 Å². The zero-order valence-corrected chi connectivity index (χ0v) is 16.1. The standard InChI is InChI=1S/C20H22FN3O3S/c21-15-6-1-5-14(13-15)18(25)22-9-4-10-23-19(26)16-7-2-11-24(16)20(27)17-8-3-12-28-17/h1,3,5-6,8,12-13,16H,2,4,7,9-11H2,(H,22,25)(H,23,26)/t16-/m0/s1. The van der Waals surface area contributed by atoms with Crippen LogP contribution in [0.15, 0.2) is 41.8 Å². The number of amides is 3. The fourth-order valence-electron chi connectivity index (χ4n) is 3.18. The Morgan fingerprint density at radius 2 is 1.96 bits per heavy atom. The van der Waals surface area contributed by atoms with Crippen LogP contribution in [-0.2, 0) is 4.79 Å². The van der Waals surface area contributed by atoms with Gasteiger partial charge in [0.05, 0.1) is 4.88 Å². The molecule has 8 heteroatoms. The second-order valence-electron chi connectivity index (χ2n) is 6.54. The monoisotopic (exact) mass is 403 g/mol. The van der Waals surface area contributed by atoms with Crippen molar-refractivity contribution in [1.82, 2.24) is 15.5 Å². The van der Waals surface area contributed by atoms with Crippen LogP contribution in [0.4, 0.5) is 4.39 Å². The van der Waals surface area contributed by atoms with Crippen molar-refractivity contribution >= 4 is 29.1 Å². The molecule has 2 aromatic rings. The van der Waals surface area contributed by atoms with E-state index in [0.29, 0.717) is 37.4 Å². The van der Waals surface area contributed by atoms with Gasteiger partial charge in [0, 0.05) is 25.2 Å². The van der Waals surface area contributed by atoms with Gasteiger partial charge in [-0.05, 0) is 48.9 Å². The van der Waals surface area contributed by atoms with Crippen molar-refractivity contribution in [1.29, 1.82) is 0 Å². The highest BCUT2D eigenvalue weighted by atomic mass is 32.1. The van der Waals surface area contributed by atoms with Gasteiger partial charge in [-0.25, -0.2) is 4.39 Å². The molecule has 0 unspecified atom stereocenters. The molecule has 6 nitrogen and oxygen atoms in total. The number of likely N-dealkylation sites (tertiary alicyclic amines) is 1. The third-order valence-corrected chi connectivity index (χ3v) is 5.43. The van der Waals surface area contributed by atoms with E-state index in [1.807, 2.05) is 11.4 Å². The third kappa shape index (κ3) is 4.95. The summed E-state index contributed by atoms with van der Waals surface area (Å²) >= 11 is 1.37. The molecule has 1 aromatic carbocycles. The molecular weight excluding hydrogens is 381 g/mol. The normalized spacial score (nSPS) is 16.0. The molecule has 0 spiro atoms. The van der Waals surface area contributed by atoms with Gasteiger partial charge in [0.15, 0.2) is 0 Å². The minimum Gasteiger partial charge on any atom is -0.354 e. The van der Waals surface area contributed by atoms with Crippen LogP contribution >= 0.6 is 11.3 Å². The summed E-state index contributed by atoms with van der Waals surface area (Å²) in [6.07, 6.45) is 2.00. The largest absolute Gasteiger partial charge is 0.354 e. The number of carbonyl (C=O) groups excluding carboxylic acids is 3. The van der Waals surface area contributed by atoms with Crippen molar-refractivity contribution in [2.24, 2.45) is 0 Å². The third-order valence-electron chi connectivity index (χ3n) is 4.57. The van der Waals surface area contributed by atoms with Gasteiger partial charge in [-0.3, -0.25) is 14.4 Å². The Balaban J connectivity index is 1.40. The Morgan fingerprint density at radius 3 is 2.71 bits per heavy atom. The van der Waals surface area contributed by atoms with Crippen molar-refractivity contribution in [3.63, 3.8) is 0 Å². The number of hydrogen-bond donors (Lipinski definition) is 2. The molecule has 148 valence electrons. The van der Waals surface area contributed by atoms with Crippen molar-refractivity contribution in [3.8, 4) is 0 Å². The Hall–Kier alpha value is -2.74. The van der Waals surface area contributed by atoms with E-state index < -0.39 is 11.9 Å². The Morgan fingerprint density at radius 1 is 1.14 bits per heavy atom. The minimum atomic E-state index is -0.460. The van der Waals surface area contributed by atoms with E-state index >= 15 is 0 Å². The zero-order valence-electron chi connectivity index (χ0n) is 15.3. The Labute approximate surface area is 166 Å². The maximum absolute atomic E-state index is 13.1. The molecule has 1 aliphatic rings. The number of carbonyl (C=O) groups is 3. The molecule has 3 amide bonds. The fourth-order valence-corrected chi connectivity index (χ4v) is 3.85. The highest BCUT2D eigenvalue weighted by molar-refractivity contribution is 7.12. The Bertz CT molecular complexity index is 841. The van der Waals surface area contributed by atoms with E-state index in [0.717, 1.165) is 6.42 Å². The molecule has 1 aliphatic heterocycles. The predicted octanol–water partition coefficient (Wildman–Crippen LogP) is 2.43. The molecule has 1 aromatic heterocycles. The summed E-state index contributed by atoms with van der Waals surface area (Å²) in [7, 11) is 0. The summed E-state index contributed by atoms with van der Waals surface area (Å²) in [6.45, 7) is 1.33. The first kappa shape index (κ1) is 20.0. The van der Waals surface area contributed by atoms with Gasteiger partial charge >= 0.3 is 0 Å². The van der Waals surface area contributed by atoms with Crippen LogP contribution in [0.5, 0.6) is 0 Å². The molecule has 2 N–H and O–H groups in total. The topological polar surface area (TPSA) is 78.5 Å². The highest BCUT2D eigenvalue weighted by Gasteiger charge is 2.34. The lowest BCUT2D eigenvalue weighted by atomic mass is 10.2. The van der Waals surface area contributed by atoms with E-state index in [1.165, 1.54) is 29.5 Å². The van der Waals surface area contributed by atoms with Crippen LogP contribution in [0.25, 0.3) is 0 Å². The summed E-state index contributed by atoms with van der Waals surface area (Å²) < 4.78 is 13.1. The quantitative estimate of drug-likeness (QED) is 0.697. The van der Waals surface area contributed by atoms with Crippen LogP contribution in [-0.4, -0.2) is 48.3 Å². The lowest BCUT2D eigenvalue weighted by Crippen LogP contribution is -2.46. The maximum atomic E-state index is 13.1. The summed E-state index contributed by atoms with van der Waals surface area (Å²) in [5.41, 5.74) is 0.262. The first-order valence-corrected chi connectivity index (χ1v) is 10.1. The Kier molecular flexibility index (Phi) is 6.76. The summed E-state index contributed by atoms with van der Waals surface area (Å²) in [5.74, 6) is -1.08. The molecule has 1 atom stereocenters. The van der Waals surface area contributed by atoms with Crippen LogP contribution in [0.1, 0.15) is 39.3 Å². The lowest BCUT2D eigenvalue weighted by molar-refractivity contribution is -0.124. The van der Waals surface area contributed by atoms with E-state index in [2.05, 4.69) is 10.6 Å². The van der Waals surface area contributed by atoms with Crippen LogP contribution in [0, 0.1) is 5.82 Å². The molecule has 0 saturated carbocycles. The average molecular weight is 403 g/mol. The summed E-state index contributed by atoms with van der Waals surface area (Å²) in [5, 5.41) is 7.38.